The molecule has 0 radical (unpaired) electrons. The van der Waals surface area contributed by atoms with Crippen LogP contribution in [0.1, 0.15) is 24.6 Å². The van der Waals surface area contributed by atoms with Gasteiger partial charge in [0.2, 0.25) is 0 Å². The number of aryl methyl sites for hydroxylation is 1. The smallest absolute Gasteiger partial charge is 0.0314 e. The number of alkyl halides is 1. The van der Waals surface area contributed by atoms with E-state index in [1.54, 1.807) is 0 Å². The SMILES string of the molecule is CC(Br)CCCc1sccc1Br. The number of rotatable bonds is 4. The maximum atomic E-state index is 3.55. The van der Waals surface area contributed by atoms with Crippen LogP contribution in [0.25, 0.3) is 0 Å². The Labute approximate surface area is 94.6 Å². The molecule has 1 aromatic heterocycles. The van der Waals surface area contributed by atoms with Gasteiger partial charge >= 0.3 is 0 Å². The molecule has 1 heterocycles. The van der Waals surface area contributed by atoms with Crippen molar-refractivity contribution in [3.05, 3.63) is 20.8 Å². The maximum Gasteiger partial charge on any atom is 0.0314 e. The second-order valence-corrected chi connectivity index (χ2v) is 6.28. The van der Waals surface area contributed by atoms with E-state index in [0.29, 0.717) is 4.83 Å². The van der Waals surface area contributed by atoms with E-state index in [4.69, 9.17) is 0 Å². The molecule has 0 spiro atoms. The zero-order chi connectivity index (χ0) is 8.97. The Hall–Kier alpha value is 0.660. The maximum absolute atomic E-state index is 3.55. The van der Waals surface area contributed by atoms with Gasteiger partial charge in [-0.15, -0.1) is 11.3 Å². The number of thiophene rings is 1. The highest BCUT2D eigenvalue weighted by atomic mass is 79.9. The van der Waals surface area contributed by atoms with E-state index < -0.39 is 0 Å². The molecule has 0 aliphatic carbocycles. The molecule has 3 heteroatoms. The van der Waals surface area contributed by atoms with Crippen LogP contribution in [0.15, 0.2) is 15.9 Å². The van der Waals surface area contributed by atoms with Crippen molar-refractivity contribution >= 4 is 43.2 Å². The molecule has 1 rings (SSSR count). The molecule has 0 N–H and O–H groups in total. The highest BCUT2D eigenvalue weighted by Crippen LogP contribution is 2.24. The van der Waals surface area contributed by atoms with Gasteiger partial charge in [-0.05, 0) is 46.6 Å². The molecule has 0 aromatic carbocycles. The Morgan fingerprint density at radius 1 is 1.58 bits per heavy atom. The third-order valence-electron chi connectivity index (χ3n) is 1.70. The van der Waals surface area contributed by atoms with Crippen LogP contribution in [0.3, 0.4) is 0 Å². The van der Waals surface area contributed by atoms with Crippen molar-refractivity contribution in [1.29, 1.82) is 0 Å². The summed E-state index contributed by atoms with van der Waals surface area (Å²) in [7, 11) is 0. The van der Waals surface area contributed by atoms with Gasteiger partial charge in [-0.25, -0.2) is 0 Å². The van der Waals surface area contributed by atoms with Gasteiger partial charge in [-0.3, -0.25) is 0 Å². The first-order valence-electron chi connectivity index (χ1n) is 4.06. The Kier molecular flexibility index (Phi) is 4.84. The molecule has 0 nitrogen and oxygen atoms in total. The van der Waals surface area contributed by atoms with Gasteiger partial charge in [0, 0.05) is 14.2 Å². The van der Waals surface area contributed by atoms with Gasteiger partial charge < -0.3 is 0 Å². The number of halogens is 2. The summed E-state index contributed by atoms with van der Waals surface area (Å²) in [4.78, 5) is 2.12. The Bertz CT molecular complexity index is 230. The Balaban J connectivity index is 2.29. The average molecular weight is 312 g/mol. The Morgan fingerprint density at radius 3 is 2.83 bits per heavy atom. The lowest BCUT2D eigenvalue weighted by molar-refractivity contribution is 0.741. The van der Waals surface area contributed by atoms with Crippen LogP contribution < -0.4 is 0 Å². The van der Waals surface area contributed by atoms with Crippen molar-refractivity contribution in [2.24, 2.45) is 0 Å². The van der Waals surface area contributed by atoms with Crippen molar-refractivity contribution in [2.75, 3.05) is 0 Å². The topological polar surface area (TPSA) is 0 Å². The fraction of sp³-hybridized carbons (Fsp3) is 0.556. The zero-order valence-electron chi connectivity index (χ0n) is 7.02. The summed E-state index contributed by atoms with van der Waals surface area (Å²) in [5.41, 5.74) is 0. The highest BCUT2D eigenvalue weighted by molar-refractivity contribution is 9.10. The lowest BCUT2D eigenvalue weighted by Crippen LogP contribution is -1.91. The summed E-state index contributed by atoms with van der Waals surface area (Å²) in [5, 5.41) is 2.14. The average Bonchev–Trinajstić information content (AvgIpc) is 2.36. The molecular weight excluding hydrogens is 300 g/mol. The predicted molar refractivity (Wildman–Crippen MR) is 63.3 cm³/mol. The van der Waals surface area contributed by atoms with Crippen LogP contribution in [-0.2, 0) is 6.42 Å². The first-order valence-corrected chi connectivity index (χ1v) is 6.65. The van der Waals surface area contributed by atoms with Crippen LogP contribution in [0, 0.1) is 0 Å². The Morgan fingerprint density at radius 2 is 2.33 bits per heavy atom. The van der Waals surface area contributed by atoms with Crippen LogP contribution in [0.4, 0.5) is 0 Å². The van der Waals surface area contributed by atoms with Gasteiger partial charge in [-0.2, -0.15) is 0 Å². The first-order chi connectivity index (χ1) is 5.70. The van der Waals surface area contributed by atoms with E-state index in [0.717, 1.165) is 0 Å². The summed E-state index contributed by atoms with van der Waals surface area (Å²) < 4.78 is 1.27. The molecule has 0 aliphatic rings. The summed E-state index contributed by atoms with van der Waals surface area (Å²) in [6, 6.07) is 2.12. The fourth-order valence-electron chi connectivity index (χ4n) is 1.05. The normalized spacial score (nSPS) is 13.2. The third-order valence-corrected chi connectivity index (χ3v) is 4.14. The molecule has 0 saturated carbocycles. The molecule has 12 heavy (non-hydrogen) atoms. The molecule has 1 unspecified atom stereocenters. The highest BCUT2D eigenvalue weighted by Gasteiger charge is 2.01. The lowest BCUT2D eigenvalue weighted by atomic mass is 10.2. The molecule has 0 saturated heterocycles. The van der Waals surface area contributed by atoms with Crippen LogP contribution in [0.5, 0.6) is 0 Å². The fourth-order valence-corrected chi connectivity index (χ4v) is 2.97. The second kappa shape index (κ2) is 5.40. The van der Waals surface area contributed by atoms with E-state index in [2.05, 4.69) is 50.2 Å². The molecule has 68 valence electrons. The third kappa shape index (κ3) is 3.58. The summed E-state index contributed by atoms with van der Waals surface area (Å²) in [6.45, 7) is 2.20. The van der Waals surface area contributed by atoms with Crippen LogP contribution in [-0.4, -0.2) is 4.83 Å². The lowest BCUT2D eigenvalue weighted by Gasteiger charge is -2.01. The van der Waals surface area contributed by atoms with E-state index in [1.807, 2.05) is 11.3 Å². The first kappa shape index (κ1) is 10.7. The van der Waals surface area contributed by atoms with Crippen molar-refractivity contribution in [3.8, 4) is 0 Å². The van der Waals surface area contributed by atoms with Crippen molar-refractivity contribution < 1.29 is 0 Å². The largest absolute Gasteiger partial charge is 0.148 e. The minimum Gasteiger partial charge on any atom is -0.148 e. The van der Waals surface area contributed by atoms with E-state index >= 15 is 0 Å². The number of hydrogen-bond donors (Lipinski definition) is 0. The van der Waals surface area contributed by atoms with Crippen LogP contribution in [0.2, 0.25) is 0 Å². The van der Waals surface area contributed by atoms with E-state index in [9.17, 15) is 0 Å². The predicted octanol–water partition coefficient (Wildman–Crippen LogP) is 4.62. The van der Waals surface area contributed by atoms with Gasteiger partial charge in [0.05, 0.1) is 0 Å². The summed E-state index contributed by atoms with van der Waals surface area (Å²) in [6.07, 6.45) is 3.73. The van der Waals surface area contributed by atoms with Gasteiger partial charge in [0.15, 0.2) is 0 Å². The minimum absolute atomic E-state index is 0.649. The minimum atomic E-state index is 0.649. The van der Waals surface area contributed by atoms with E-state index in [1.165, 1.54) is 28.6 Å². The zero-order valence-corrected chi connectivity index (χ0v) is 11.0. The van der Waals surface area contributed by atoms with Crippen molar-refractivity contribution in [1.82, 2.24) is 0 Å². The van der Waals surface area contributed by atoms with Gasteiger partial charge in [0.25, 0.3) is 0 Å². The quantitative estimate of drug-likeness (QED) is 0.712. The van der Waals surface area contributed by atoms with E-state index in [-0.39, 0.29) is 0 Å². The molecule has 0 aliphatic heterocycles. The summed E-state index contributed by atoms with van der Waals surface area (Å²) in [5.74, 6) is 0. The standard InChI is InChI=1S/C9H12Br2S/c1-7(10)3-2-4-9-8(11)5-6-12-9/h5-7H,2-4H2,1H3. The van der Waals surface area contributed by atoms with Crippen molar-refractivity contribution in [2.45, 2.75) is 31.0 Å². The second-order valence-electron chi connectivity index (χ2n) is 2.86. The molecular formula is C9H12Br2S. The molecule has 0 fully saturated rings. The number of hydrogen-bond acceptors (Lipinski definition) is 1. The summed E-state index contributed by atoms with van der Waals surface area (Å²) >= 11 is 8.92. The monoisotopic (exact) mass is 310 g/mol. The van der Waals surface area contributed by atoms with Crippen molar-refractivity contribution in [3.63, 3.8) is 0 Å². The van der Waals surface area contributed by atoms with Gasteiger partial charge in [-0.1, -0.05) is 22.9 Å². The molecule has 1 aromatic rings. The van der Waals surface area contributed by atoms with Gasteiger partial charge in [0.1, 0.15) is 0 Å². The molecule has 0 bridgehead atoms. The molecule has 1 atom stereocenters. The molecule has 0 amide bonds. The van der Waals surface area contributed by atoms with Crippen LogP contribution >= 0.6 is 43.2 Å².